The van der Waals surface area contributed by atoms with Gasteiger partial charge in [0.1, 0.15) is 11.5 Å². The van der Waals surface area contributed by atoms with Crippen molar-refractivity contribution in [1.29, 1.82) is 0 Å². The molecule has 1 aliphatic heterocycles. The van der Waals surface area contributed by atoms with E-state index in [9.17, 15) is 19.3 Å². The second-order valence-electron chi connectivity index (χ2n) is 6.42. The number of nitro groups is 1. The highest BCUT2D eigenvalue weighted by atomic mass is 19.1. The average molecular weight is 357 g/mol. The van der Waals surface area contributed by atoms with Gasteiger partial charge in [0.25, 0.3) is 11.6 Å². The number of anilines is 2. The maximum atomic E-state index is 13.4. The number of halogens is 1. The van der Waals surface area contributed by atoms with Crippen molar-refractivity contribution in [3.63, 3.8) is 0 Å². The number of amides is 1. The number of benzene rings is 2. The molecule has 1 saturated heterocycles. The van der Waals surface area contributed by atoms with Crippen LogP contribution in [-0.2, 0) is 0 Å². The average Bonchev–Trinajstić information content (AvgIpc) is 2.65. The highest BCUT2D eigenvalue weighted by Gasteiger charge is 2.23. The van der Waals surface area contributed by atoms with E-state index in [1.165, 1.54) is 18.2 Å². The zero-order valence-electron chi connectivity index (χ0n) is 14.5. The van der Waals surface area contributed by atoms with Gasteiger partial charge in [0.05, 0.1) is 4.92 Å². The quantitative estimate of drug-likeness (QED) is 0.654. The molecule has 6 nitrogen and oxygen atoms in total. The minimum absolute atomic E-state index is 0.0875. The van der Waals surface area contributed by atoms with E-state index in [4.69, 9.17) is 0 Å². The Bertz CT molecular complexity index is 848. The molecule has 0 unspecified atom stereocenters. The Labute approximate surface area is 150 Å². The van der Waals surface area contributed by atoms with Crippen LogP contribution < -0.4 is 10.2 Å². The molecule has 0 bridgehead atoms. The number of piperidine rings is 1. The van der Waals surface area contributed by atoms with Crippen molar-refractivity contribution < 1.29 is 14.1 Å². The van der Waals surface area contributed by atoms with Gasteiger partial charge in [0, 0.05) is 30.4 Å². The van der Waals surface area contributed by atoms with Crippen LogP contribution in [0.1, 0.15) is 35.2 Å². The van der Waals surface area contributed by atoms with E-state index in [1.807, 2.05) is 4.90 Å². The third-order valence-electron chi connectivity index (χ3n) is 4.58. The molecule has 2 aromatic carbocycles. The van der Waals surface area contributed by atoms with Crippen molar-refractivity contribution in [3.05, 3.63) is 63.5 Å². The van der Waals surface area contributed by atoms with E-state index in [-0.39, 0.29) is 11.3 Å². The van der Waals surface area contributed by atoms with Crippen LogP contribution in [-0.4, -0.2) is 23.9 Å². The molecule has 1 heterocycles. The SMILES string of the molecule is Cc1ccc(F)cc1NC(=O)c1ccc(N2CCCCC2)c([N+](=O)[O-])c1. The second-order valence-corrected chi connectivity index (χ2v) is 6.42. The van der Waals surface area contributed by atoms with Crippen LogP contribution in [0.25, 0.3) is 0 Å². The van der Waals surface area contributed by atoms with E-state index < -0.39 is 16.6 Å². The van der Waals surface area contributed by atoms with E-state index >= 15 is 0 Å². The fourth-order valence-corrected chi connectivity index (χ4v) is 3.14. The summed E-state index contributed by atoms with van der Waals surface area (Å²) >= 11 is 0. The molecule has 0 spiro atoms. The van der Waals surface area contributed by atoms with E-state index in [0.29, 0.717) is 16.9 Å². The predicted octanol–water partition coefficient (Wildman–Crippen LogP) is 4.28. The fourth-order valence-electron chi connectivity index (χ4n) is 3.14. The van der Waals surface area contributed by atoms with E-state index in [0.717, 1.165) is 32.4 Å². The third-order valence-corrected chi connectivity index (χ3v) is 4.58. The molecule has 1 fully saturated rings. The van der Waals surface area contributed by atoms with Crippen molar-refractivity contribution in [1.82, 2.24) is 0 Å². The summed E-state index contributed by atoms with van der Waals surface area (Å²) in [6.07, 6.45) is 3.12. The molecular weight excluding hydrogens is 337 g/mol. The third kappa shape index (κ3) is 3.82. The number of carbonyl (C=O) groups excluding carboxylic acids is 1. The first kappa shape index (κ1) is 17.8. The number of hydrogen-bond acceptors (Lipinski definition) is 4. The van der Waals surface area contributed by atoms with Gasteiger partial charge in [0.15, 0.2) is 0 Å². The Balaban J connectivity index is 1.88. The van der Waals surface area contributed by atoms with Crippen LogP contribution in [0.3, 0.4) is 0 Å². The molecule has 0 aromatic heterocycles. The summed E-state index contributed by atoms with van der Waals surface area (Å²) in [7, 11) is 0. The molecule has 1 amide bonds. The van der Waals surface area contributed by atoms with Crippen LogP contribution in [0.5, 0.6) is 0 Å². The first-order chi connectivity index (χ1) is 12.5. The van der Waals surface area contributed by atoms with E-state index in [1.54, 1.807) is 25.1 Å². The number of hydrogen-bond donors (Lipinski definition) is 1. The van der Waals surface area contributed by atoms with Crippen LogP contribution >= 0.6 is 0 Å². The summed E-state index contributed by atoms with van der Waals surface area (Å²) in [6, 6.07) is 8.57. The molecule has 7 heteroatoms. The van der Waals surface area contributed by atoms with E-state index in [2.05, 4.69) is 5.32 Å². The lowest BCUT2D eigenvalue weighted by Crippen LogP contribution is -2.30. The van der Waals surface area contributed by atoms with Crippen LogP contribution in [0, 0.1) is 22.9 Å². The number of nitro benzene ring substituents is 1. The summed E-state index contributed by atoms with van der Waals surface area (Å²) in [5.41, 5.74) is 1.67. The minimum Gasteiger partial charge on any atom is -0.366 e. The summed E-state index contributed by atoms with van der Waals surface area (Å²) in [4.78, 5) is 25.5. The first-order valence-electron chi connectivity index (χ1n) is 8.56. The van der Waals surface area contributed by atoms with Gasteiger partial charge < -0.3 is 10.2 Å². The summed E-state index contributed by atoms with van der Waals surface area (Å²) in [6.45, 7) is 3.29. The van der Waals surface area contributed by atoms with Crippen molar-refractivity contribution in [2.45, 2.75) is 26.2 Å². The number of rotatable bonds is 4. The molecule has 1 aliphatic rings. The minimum atomic E-state index is -0.507. The number of aryl methyl sites for hydroxylation is 1. The predicted molar refractivity (Wildman–Crippen MR) is 98.3 cm³/mol. The summed E-state index contributed by atoms with van der Waals surface area (Å²) in [5.74, 6) is -0.968. The fraction of sp³-hybridized carbons (Fsp3) is 0.316. The maximum Gasteiger partial charge on any atom is 0.293 e. The van der Waals surface area contributed by atoms with Crippen molar-refractivity contribution in [2.24, 2.45) is 0 Å². The lowest BCUT2D eigenvalue weighted by atomic mass is 10.1. The van der Waals surface area contributed by atoms with Crippen molar-refractivity contribution in [2.75, 3.05) is 23.3 Å². The van der Waals surface area contributed by atoms with Gasteiger partial charge in [-0.25, -0.2) is 4.39 Å². The Morgan fingerprint density at radius 2 is 1.88 bits per heavy atom. The van der Waals surface area contributed by atoms with Crippen LogP contribution in [0.15, 0.2) is 36.4 Å². The monoisotopic (exact) mass is 357 g/mol. The van der Waals surface area contributed by atoms with Crippen molar-refractivity contribution in [3.8, 4) is 0 Å². The first-order valence-corrected chi connectivity index (χ1v) is 8.56. The molecule has 2 aromatic rings. The lowest BCUT2D eigenvalue weighted by molar-refractivity contribution is -0.384. The zero-order chi connectivity index (χ0) is 18.7. The molecule has 0 saturated carbocycles. The van der Waals surface area contributed by atoms with Gasteiger partial charge in [-0.3, -0.25) is 14.9 Å². The lowest BCUT2D eigenvalue weighted by Gasteiger charge is -2.28. The molecular formula is C19H20FN3O3. The molecule has 0 radical (unpaired) electrons. The largest absolute Gasteiger partial charge is 0.366 e. The highest BCUT2D eigenvalue weighted by Crippen LogP contribution is 2.31. The normalized spacial score (nSPS) is 14.2. The molecule has 0 aliphatic carbocycles. The molecule has 26 heavy (non-hydrogen) atoms. The standard InChI is InChI=1S/C19H20FN3O3/c1-13-5-7-15(20)12-16(13)21-19(24)14-6-8-17(18(11-14)23(25)26)22-9-3-2-4-10-22/h5-8,11-12H,2-4,9-10H2,1H3,(H,21,24). The Hall–Kier alpha value is -2.96. The topological polar surface area (TPSA) is 75.5 Å². The van der Waals surface area contributed by atoms with Crippen LogP contribution in [0.4, 0.5) is 21.5 Å². The van der Waals surface area contributed by atoms with Gasteiger partial charge in [-0.1, -0.05) is 6.07 Å². The second kappa shape index (κ2) is 7.51. The number of nitrogens with zero attached hydrogens (tertiary/aromatic N) is 2. The number of carbonyl (C=O) groups is 1. The molecule has 3 rings (SSSR count). The Morgan fingerprint density at radius 3 is 2.58 bits per heavy atom. The maximum absolute atomic E-state index is 13.4. The van der Waals surface area contributed by atoms with Gasteiger partial charge in [-0.05, 0) is 56.0 Å². The highest BCUT2D eigenvalue weighted by molar-refractivity contribution is 6.05. The summed E-state index contributed by atoms with van der Waals surface area (Å²) in [5, 5.41) is 14.1. The van der Waals surface area contributed by atoms with Crippen LogP contribution in [0.2, 0.25) is 0 Å². The Morgan fingerprint density at radius 1 is 1.15 bits per heavy atom. The Kier molecular flexibility index (Phi) is 5.16. The summed E-state index contributed by atoms with van der Waals surface area (Å²) < 4.78 is 13.4. The van der Waals surface area contributed by atoms with Gasteiger partial charge in [-0.2, -0.15) is 0 Å². The zero-order valence-corrected chi connectivity index (χ0v) is 14.5. The van der Waals surface area contributed by atoms with Gasteiger partial charge in [0.2, 0.25) is 0 Å². The van der Waals surface area contributed by atoms with Gasteiger partial charge >= 0.3 is 0 Å². The van der Waals surface area contributed by atoms with Crippen molar-refractivity contribution >= 4 is 23.0 Å². The molecule has 0 atom stereocenters. The number of nitrogens with one attached hydrogen (secondary N) is 1. The molecule has 1 N–H and O–H groups in total. The van der Waals surface area contributed by atoms with Gasteiger partial charge in [-0.15, -0.1) is 0 Å². The molecule has 136 valence electrons. The smallest absolute Gasteiger partial charge is 0.293 e.